The van der Waals surface area contributed by atoms with Crippen molar-refractivity contribution >= 4 is 17.5 Å². The second kappa shape index (κ2) is 6.42. The van der Waals surface area contributed by atoms with Crippen LogP contribution in [-0.4, -0.2) is 61.5 Å². The number of anilines is 1. The van der Waals surface area contributed by atoms with Gasteiger partial charge in [0.2, 0.25) is 11.8 Å². The molecule has 0 radical (unpaired) electrons. The van der Waals surface area contributed by atoms with E-state index in [9.17, 15) is 9.59 Å². The fraction of sp³-hybridized carbons (Fsp3) is 0.579. The van der Waals surface area contributed by atoms with E-state index < -0.39 is 0 Å². The zero-order valence-electron chi connectivity index (χ0n) is 14.8. The van der Waals surface area contributed by atoms with Crippen LogP contribution in [0.3, 0.4) is 0 Å². The molecule has 3 fully saturated rings. The lowest BCUT2D eigenvalue weighted by Gasteiger charge is -2.56. The molecule has 1 atom stereocenters. The summed E-state index contributed by atoms with van der Waals surface area (Å²) in [6.07, 6.45) is 1.03. The molecule has 0 aliphatic carbocycles. The van der Waals surface area contributed by atoms with E-state index in [-0.39, 0.29) is 23.3 Å². The number of rotatable bonds is 3. The molecule has 1 aromatic carbocycles. The van der Waals surface area contributed by atoms with Crippen molar-refractivity contribution in [1.29, 1.82) is 0 Å². The molecule has 1 aromatic rings. The van der Waals surface area contributed by atoms with Gasteiger partial charge < -0.3 is 10.2 Å². The first-order valence-electron chi connectivity index (χ1n) is 9.20. The summed E-state index contributed by atoms with van der Waals surface area (Å²) in [5.41, 5.74) is 2.48. The Hall–Kier alpha value is -1.92. The smallest absolute Gasteiger partial charge is 0.234 e. The zero-order chi connectivity index (χ0) is 17.4. The van der Waals surface area contributed by atoms with Gasteiger partial charge in [0.05, 0.1) is 11.5 Å². The van der Waals surface area contributed by atoms with Gasteiger partial charge in [-0.05, 0) is 31.0 Å². The van der Waals surface area contributed by atoms with Crippen molar-refractivity contribution < 1.29 is 9.59 Å². The molecule has 6 nitrogen and oxygen atoms in total. The van der Waals surface area contributed by atoms with E-state index >= 15 is 0 Å². The largest absolute Gasteiger partial charge is 0.368 e. The molecule has 3 aliphatic rings. The van der Waals surface area contributed by atoms with E-state index in [0.717, 1.165) is 44.8 Å². The zero-order valence-corrected chi connectivity index (χ0v) is 14.8. The number of carbonyl (C=O) groups excluding carboxylic acids is 2. The van der Waals surface area contributed by atoms with E-state index in [1.807, 2.05) is 12.1 Å². The first-order valence-corrected chi connectivity index (χ1v) is 9.20. The first-order chi connectivity index (χ1) is 12.0. The summed E-state index contributed by atoms with van der Waals surface area (Å²) in [6, 6.07) is 8.29. The number of benzene rings is 1. The summed E-state index contributed by atoms with van der Waals surface area (Å²) in [6.45, 7) is 8.85. The molecule has 134 valence electrons. The van der Waals surface area contributed by atoms with Crippen LogP contribution in [0.5, 0.6) is 0 Å². The number of nitrogens with zero attached hydrogens (tertiary/aromatic N) is 2. The molecular weight excluding hydrogens is 316 g/mol. The number of amides is 2. The van der Waals surface area contributed by atoms with Crippen LogP contribution < -0.4 is 15.5 Å². The Balaban J connectivity index is 1.38. The van der Waals surface area contributed by atoms with E-state index in [0.29, 0.717) is 12.8 Å². The predicted octanol–water partition coefficient (Wildman–Crippen LogP) is 0.691. The van der Waals surface area contributed by atoms with Crippen molar-refractivity contribution in [3.8, 4) is 0 Å². The number of carbonyl (C=O) groups is 2. The van der Waals surface area contributed by atoms with Gasteiger partial charge in [0.15, 0.2) is 0 Å². The maximum atomic E-state index is 12.0. The molecule has 0 spiro atoms. The molecule has 3 aliphatic heterocycles. The Labute approximate surface area is 148 Å². The molecule has 2 amide bonds. The Morgan fingerprint density at radius 3 is 2.40 bits per heavy atom. The summed E-state index contributed by atoms with van der Waals surface area (Å²) < 4.78 is 0. The number of nitrogens with one attached hydrogen (secondary N) is 2. The van der Waals surface area contributed by atoms with E-state index in [1.165, 1.54) is 5.69 Å². The molecule has 1 unspecified atom stereocenters. The summed E-state index contributed by atoms with van der Waals surface area (Å²) in [5.74, 6) is -0.529. The van der Waals surface area contributed by atoms with E-state index in [2.05, 4.69) is 39.5 Å². The Morgan fingerprint density at radius 2 is 1.76 bits per heavy atom. The van der Waals surface area contributed by atoms with Crippen LogP contribution in [0.25, 0.3) is 0 Å². The highest BCUT2D eigenvalue weighted by Crippen LogP contribution is 2.33. The number of imide groups is 1. The standard InChI is InChI=1S/C19H26N4O2/c1-19(23-10-8-20-9-11-23)12-22(13-19)15-4-2-14(3-5-15)16-6-7-17(24)21-18(16)25/h2-5,16,20H,6-13H2,1H3,(H,21,24,25). The molecule has 6 heteroatoms. The third-order valence-electron chi connectivity index (χ3n) is 5.84. The lowest BCUT2D eigenvalue weighted by molar-refractivity contribution is -0.134. The van der Waals surface area contributed by atoms with Gasteiger partial charge in [-0.15, -0.1) is 0 Å². The monoisotopic (exact) mass is 342 g/mol. The van der Waals surface area contributed by atoms with Crippen LogP contribution in [0.2, 0.25) is 0 Å². The second-order valence-electron chi connectivity index (χ2n) is 7.69. The summed E-state index contributed by atoms with van der Waals surface area (Å²) >= 11 is 0. The Bertz CT molecular complexity index is 661. The van der Waals surface area contributed by atoms with Crippen LogP contribution in [-0.2, 0) is 9.59 Å². The summed E-state index contributed by atoms with van der Waals surface area (Å²) in [5, 5.41) is 5.85. The van der Waals surface area contributed by atoms with Gasteiger partial charge in [-0.3, -0.25) is 19.8 Å². The van der Waals surface area contributed by atoms with Gasteiger partial charge in [-0.2, -0.15) is 0 Å². The average Bonchev–Trinajstić information content (AvgIpc) is 2.60. The van der Waals surface area contributed by atoms with Crippen LogP contribution in [0.4, 0.5) is 5.69 Å². The van der Waals surface area contributed by atoms with Crippen molar-refractivity contribution in [2.75, 3.05) is 44.2 Å². The minimum Gasteiger partial charge on any atom is -0.368 e. The van der Waals surface area contributed by atoms with Gasteiger partial charge in [-0.25, -0.2) is 0 Å². The minimum absolute atomic E-state index is 0.161. The minimum atomic E-state index is -0.200. The van der Waals surface area contributed by atoms with Crippen LogP contribution in [0.15, 0.2) is 24.3 Å². The highest BCUT2D eigenvalue weighted by atomic mass is 16.2. The van der Waals surface area contributed by atoms with Crippen molar-refractivity contribution in [3.63, 3.8) is 0 Å². The number of piperazine rings is 1. The van der Waals surface area contributed by atoms with Gasteiger partial charge >= 0.3 is 0 Å². The quantitative estimate of drug-likeness (QED) is 0.792. The number of hydrogen-bond donors (Lipinski definition) is 2. The summed E-state index contributed by atoms with van der Waals surface area (Å²) in [7, 11) is 0. The lowest BCUT2D eigenvalue weighted by atomic mass is 9.87. The van der Waals surface area contributed by atoms with Crippen LogP contribution in [0, 0.1) is 0 Å². The fourth-order valence-corrected chi connectivity index (χ4v) is 4.29. The molecule has 0 bridgehead atoms. The van der Waals surface area contributed by atoms with E-state index in [1.54, 1.807) is 0 Å². The van der Waals surface area contributed by atoms with Gasteiger partial charge in [0.1, 0.15) is 0 Å². The molecule has 0 aromatic heterocycles. The normalized spacial score (nSPS) is 26.9. The molecule has 25 heavy (non-hydrogen) atoms. The fourth-order valence-electron chi connectivity index (χ4n) is 4.29. The first kappa shape index (κ1) is 16.5. The number of piperidine rings is 1. The van der Waals surface area contributed by atoms with Gasteiger partial charge in [0.25, 0.3) is 0 Å². The third kappa shape index (κ3) is 3.16. The Morgan fingerprint density at radius 1 is 1.08 bits per heavy atom. The van der Waals surface area contributed by atoms with Crippen LogP contribution in [0.1, 0.15) is 31.2 Å². The topological polar surface area (TPSA) is 64.7 Å². The van der Waals surface area contributed by atoms with Crippen molar-refractivity contribution in [2.24, 2.45) is 0 Å². The maximum absolute atomic E-state index is 12.0. The maximum Gasteiger partial charge on any atom is 0.234 e. The van der Waals surface area contributed by atoms with Gasteiger partial charge in [-0.1, -0.05) is 12.1 Å². The lowest BCUT2D eigenvalue weighted by Crippen LogP contribution is -2.71. The highest BCUT2D eigenvalue weighted by Gasteiger charge is 2.43. The molecule has 3 heterocycles. The Kier molecular flexibility index (Phi) is 4.25. The molecule has 0 saturated carbocycles. The highest BCUT2D eigenvalue weighted by molar-refractivity contribution is 6.00. The number of hydrogen-bond acceptors (Lipinski definition) is 5. The molecule has 3 saturated heterocycles. The van der Waals surface area contributed by atoms with Crippen LogP contribution >= 0.6 is 0 Å². The van der Waals surface area contributed by atoms with Crippen molar-refractivity contribution in [1.82, 2.24) is 15.5 Å². The van der Waals surface area contributed by atoms with Gasteiger partial charge in [0, 0.05) is 51.4 Å². The molecule has 2 N–H and O–H groups in total. The summed E-state index contributed by atoms with van der Waals surface area (Å²) in [4.78, 5) is 28.3. The van der Waals surface area contributed by atoms with E-state index in [4.69, 9.17) is 0 Å². The van der Waals surface area contributed by atoms with Crippen molar-refractivity contribution in [3.05, 3.63) is 29.8 Å². The molecule has 4 rings (SSSR count). The average molecular weight is 342 g/mol. The third-order valence-corrected chi connectivity index (χ3v) is 5.84. The predicted molar refractivity (Wildman–Crippen MR) is 96.6 cm³/mol. The van der Waals surface area contributed by atoms with Crippen molar-refractivity contribution in [2.45, 2.75) is 31.2 Å². The molecular formula is C19H26N4O2. The SMILES string of the molecule is CC1(N2CCNCC2)CN(c2ccc(C3CCC(=O)NC3=O)cc2)C1. The second-order valence-corrected chi connectivity index (χ2v) is 7.69.